The molecule has 2 aromatic rings. The predicted octanol–water partition coefficient (Wildman–Crippen LogP) is 10.3. The fourth-order valence-electron chi connectivity index (χ4n) is 8.91. The summed E-state index contributed by atoms with van der Waals surface area (Å²) in [6.45, 7) is 3.99. The summed E-state index contributed by atoms with van der Waals surface area (Å²) >= 11 is 0. The molecule has 0 aliphatic heterocycles. The van der Waals surface area contributed by atoms with Crippen molar-refractivity contribution in [1.82, 2.24) is 0 Å². The lowest BCUT2D eigenvalue weighted by Crippen LogP contribution is -2.23. The van der Waals surface area contributed by atoms with Crippen LogP contribution in [-0.4, -0.2) is 18.9 Å². The number of esters is 1. The Bertz CT molecular complexity index is 1420. The van der Waals surface area contributed by atoms with Gasteiger partial charge in [0.15, 0.2) is 0 Å². The minimum Gasteiger partial charge on any atom is -0.422 e. The molecule has 0 unspecified atom stereocenters. The number of benzene rings is 2. The Hall–Kier alpha value is -2.18. The molecule has 44 heavy (non-hydrogen) atoms. The maximum absolute atomic E-state index is 14.8. The monoisotopic (exact) mass is 620 g/mol. The lowest BCUT2D eigenvalue weighted by atomic mass is 9.73. The molecule has 0 heterocycles. The molecule has 0 atom stereocenters. The fraction of sp³-hybridized carbons (Fsp3) is 0.658. The molecule has 1 N–H and O–H groups in total. The molecule has 4 aliphatic carbocycles. The standard InChI is InChI=1S/C38H52O5S/c1-25(2)32-24-35(44(40,41)42)30-20-12-13-21-31(30)37(32)43-38(39)36-33(27-16-8-4-9-17-27)22-29(26-14-6-3-7-15-26)23-34(36)28-18-10-5-11-19-28/h22-28H,3-21H2,1-2H3,(H,40,41,42). The van der Waals surface area contributed by atoms with Crippen molar-refractivity contribution in [2.45, 2.75) is 164 Å². The van der Waals surface area contributed by atoms with E-state index in [1.807, 2.05) is 13.8 Å². The van der Waals surface area contributed by atoms with Crippen LogP contribution >= 0.6 is 0 Å². The van der Waals surface area contributed by atoms with Gasteiger partial charge in [0.05, 0.1) is 10.5 Å². The van der Waals surface area contributed by atoms with Crippen molar-refractivity contribution in [3.63, 3.8) is 0 Å². The second-order valence-electron chi connectivity index (χ2n) is 14.6. The van der Waals surface area contributed by atoms with Crippen LogP contribution in [0.15, 0.2) is 23.1 Å². The van der Waals surface area contributed by atoms with Crippen LogP contribution in [0.2, 0.25) is 0 Å². The Kier molecular flexibility index (Phi) is 9.87. The van der Waals surface area contributed by atoms with Crippen molar-refractivity contribution in [3.05, 3.63) is 57.1 Å². The zero-order valence-corrected chi connectivity index (χ0v) is 27.8. The third-order valence-electron chi connectivity index (χ3n) is 11.3. The molecule has 6 rings (SSSR count). The van der Waals surface area contributed by atoms with E-state index < -0.39 is 10.1 Å². The molecule has 3 saturated carbocycles. The lowest BCUT2D eigenvalue weighted by molar-refractivity contribution is 0.0726. The highest BCUT2D eigenvalue weighted by Gasteiger charge is 2.34. The van der Waals surface area contributed by atoms with Crippen LogP contribution in [0, 0.1) is 0 Å². The van der Waals surface area contributed by atoms with Crippen molar-refractivity contribution in [2.75, 3.05) is 0 Å². The highest BCUT2D eigenvalue weighted by atomic mass is 32.2. The average Bonchev–Trinajstić information content (AvgIpc) is 3.04. The van der Waals surface area contributed by atoms with E-state index in [2.05, 4.69) is 12.1 Å². The zero-order valence-electron chi connectivity index (χ0n) is 27.0. The van der Waals surface area contributed by atoms with Gasteiger partial charge < -0.3 is 4.74 Å². The predicted molar refractivity (Wildman–Crippen MR) is 176 cm³/mol. The summed E-state index contributed by atoms with van der Waals surface area (Å²) in [6.07, 6.45) is 21.1. The van der Waals surface area contributed by atoms with Gasteiger partial charge in [0.25, 0.3) is 10.1 Å². The van der Waals surface area contributed by atoms with E-state index in [0.29, 0.717) is 47.5 Å². The number of carbonyl (C=O) groups excluding carboxylic acids is 1. The van der Waals surface area contributed by atoms with Crippen molar-refractivity contribution < 1.29 is 22.5 Å². The van der Waals surface area contributed by atoms with Crippen LogP contribution in [0.1, 0.15) is 190 Å². The van der Waals surface area contributed by atoms with Crippen molar-refractivity contribution in [2.24, 2.45) is 0 Å². The van der Waals surface area contributed by atoms with Crippen LogP contribution in [0.25, 0.3) is 0 Å². The molecule has 3 fully saturated rings. The SMILES string of the molecule is CC(C)c1cc(S(=O)(=O)O)c2c(c1OC(=O)c1c(C3CCCCC3)cc(C3CCCCC3)cc1C1CCCCC1)CCCC2. The highest BCUT2D eigenvalue weighted by molar-refractivity contribution is 7.85. The zero-order chi connectivity index (χ0) is 30.8. The Labute approximate surface area is 265 Å². The van der Waals surface area contributed by atoms with Gasteiger partial charge in [0.2, 0.25) is 0 Å². The smallest absolute Gasteiger partial charge is 0.344 e. The Balaban J connectivity index is 1.50. The Morgan fingerprint density at radius 3 is 1.66 bits per heavy atom. The van der Waals surface area contributed by atoms with E-state index in [9.17, 15) is 17.8 Å². The van der Waals surface area contributed by atoms with E-state index in [-0.39, 0.29) is 16.8 Å². The molecule has 5 nitrogen and oxygen atoms in total. The Morgan fingerprint density at radius 2 is 1.18 bits per heavy atom. The number of ether oxygens (including phenoxy) is 1. The first-order valence-electron chi connectivity index (χ1n) is 17.8. The van der Waals surface area contributed by atoms with Gasteiger partial charge in [0.1, 0.15) is 5.75 Å². The van der Waals surface area contributed by atoms with Gasteiger partial charge in [-0.25, -0.2) is 4.79 Å². The summed E-state index contributed by atoms with van der Waals surface area (Å²) in [5.74, 6) is 1.51. The van der Waals surface area contributed by atoms with Crippen LogP contribution in [-0.2, 0) is 23.0 Å². The van der Waals surface area contributed by atoms with E-state index >= 15 is 0 Å². The summed E-state index contributed by atoms with van der Waals surface area (Å²) in [4.78, 5) is 14.8. The molecule has 0 amide bonds. The van der Waals surface area contributed by atoms with Crippen molar-refractivity contribution in [3.8, 4) is 5.75 Å². The minimum atomic E-state index is -4.40. The first kappa shape index (κ1) is 31.8. The van der Waals surface area contributed by atoms with Crippen LogP contribution in [0.4, 0.5) is 0 Å². The first-order chi connectivity index (χ1) is 21.2. The fourth-order valence-corrected chi connectivity index (χ4v) is 9.72. The van der Waals surface area contributed by atoms with Gasteiger partial charge in [0, 0.05) is 0 Å². The minimum absolute atomic E-state index is 0.0154. The molecule has 0 aromatic heterocycles. The second kappa shape index (κ2) is 13.7. The van der Waals surface area contributed by atoms with Crippen molar-refractivity contribution >= 4 is 16.1 Å². The Morgan fingerprint density at radius 1 is 0.705 bits per heavy atom. The molecular weight excluding hydrogens is 568 g/mol. The van der Waals surface area contributed by atoms with Gasteiger partial charge in [-0.1, -0.05) is 83.8 Å². The molecule has 0 saturated heterocycles. The first-order valence-corrected chi connectivity index (χ1v) is 19.2. The second-order valence-corrected chi connectivity index (χ2v) is 15.9. The summed E-state index contributed by atoms with van der Waals surface area (Å²) in [5, 5.41) is 0. The van der Waals surface area contributed by atoms with E-state index in [1.54, 1.807) is 6.07 Å². The normalized spacial score (nSPS) is 20.9. The van der Waals surface area contributed by atoms with E-state index in [1.165, 1.54) is 87.3 Å². The topological polar surface area (TPSA) is 80.7 Å². The summed E-state index contributed by atoms with van der Waals surface area (Å²) in [7, 11) is -4.40. The molecule has 0 radical (unpaired) electrons. The maximum atomic E-state index is 14.8. The third kappa shape index (κ3) is 6.67. The van der Waals surface area contributed by atoms with Gasteiger partial charge in [-0.3, -0.25) is 4.55 Å². The number of hydrogen-bond donors (Lipinski definition) is 1. The summed E-state index contributed by atoms with van der Waals surface area (Å²) in [5.41, 5.74) is 6.78. The summed E-state index contributed by atoms with van der Waals surface area (Å²) < 4.78 is 41.7. The van der Waals surface area contributed by atoms with Gasteiger partial charge >= 0.3 is 5.97 Å². The van der Waals surface area contributed by atoms with Gasteiger partial charge in [-0.15, -0.1) is 0 Å². The molecular formula is C38H52O5S. The van der Waals surface area contributed by atoms with Crippen LogP contribution in [0.5, 0.6) is 5.75 Å². The number of rotatable bonds is 7. The van der Waals surface area contributed by atoms with Gasteiger partial charge in [-0.05, 0) is 127 Å². The largest absolute Gasteiger partial charge is 0.422 e. The number of hydrogen-bond acceptors (Lipinski definition) is 4. The van der Waals surface area contributed by atoms with E-state index in [4.69, 9.17) is 4.74 Å². The van der Waals surface area contributed by atoms with E-state index in [0.717, 1.165) is 49.7 Å². The number of carbonyl (C=O) groups is 1. The maximum Gasteiger partial charge on any atom is 0.344 e. The van der Waals surface area contributed by atoms with Crippen LogP contribution < -0.4 is 4.74 Å². The summed E-state index contributed by atoms with van der Waals surface area (Å²) in [6, 6.07) is 6.40. The average molecular weight is 621 g/mol. The molecule has 240 valence electrons. The highest BCUT2D eigenvalue weighted by Crippen LogP contribution is 2.46. The number of fused-ring (bicyclic) bond motifs is 1. The third-order valence-corrected chi connectivity index (χ3v) is 12.2. The quantitative estimate of drug-likeness (QED) is 0.189. The molecule has 6 heteroatoms. The van der Waals surface area contributed by atoms with Gasteiger partial charge in [-0.2, -0.15) is 8.42 Å². The molecule has 2 aromatic carbocycles. The molecule has 4 aliphatic rings. The molecule has 0 bridgehead atoms. The lowest BCUT2D eigenvalue weighted by Gasteiger charge is -2.32. The van der Waals surface area contributed by atoms with Crippen molar-refractivity contribution in [1.29, 1.82) is 0 Å². The molecule has 0 spiro atoms. The van der Waals surface area contributed by atoms with Crippen LogP contribution in [0.3, 0.4) is 0 Å².